The fourth-order valence-corrected chi connectivity index (χ4v) is 2.26. The third-order valence-corrected chi connectivity index (χ3v) is 3.24. The van der Waals surface area contributed by atoms with Gasteiger partial charge in [0.1, 0.15) is 6.10 Å². The van der Waals surface area contributed by atoms with Crippen LogP contribution in [0.25, 0.3) is 0 Å². The average Bonchev–Trinajstić information content (AvgIpc) is 2.90. The molecule has 0 aromatic rings. The molecule has 2 rings (SSSR count). The average molecular weight is 249 g/mol. The third kappa shape index (κ3) is 3.92. The number of carbonyl (C=O) groups is 1. The van der Waals surface area contributed by atoms with Crippen LogP contribution in [0.2, 0.25) is 0 Å². The Balaban J connectivity index is 0.00000128. The van der Waals surface area contributed by atoms with Gasteiger partial charge in [-0.15, -0.1) is 12.4 Å². The number of halogens is 1. The quantitative estimate of drug-likeness (QED) is 0.770. The number of nitrogens with one attached hydrogen (secondary N) is 2. The lowest BCUT2D eigenvalue weighted by Crippen LogP contribution is -2.35. The molecule has 16 heavy (non-hydrogen) atoms. The molecule has 0 saturated carbocycles. The minimum atomic E-state index is -0.174. The Morgan fingerprint density at radius 3 is 2.94 bits per heavy atom. The second-order valence-corrected chi connectivity index (χ2v) is 4.44. The minimum Gasteiger partial charge on any atom is -0.368 e. The Hall–Kier alpha value is -0.320. The van der Waals surface area contributed by atoms with Gasteiger partial charge in [-0.25, -0.2) is 0 Å². The van der Waals surface area contributed by atoms with E-state index in [1.54, 1.807) is 0 Å². The Bertz CT molecular complexity index is 214. The predicted molar refractivity (Wildman–Crippen MR) is 64.8 cm³/mol. The van der Waals surface area contributed by atoms with Gasteiger partial charge in [-0.3, -0.25) is 4.79 Å². The van der Waals surface area contributed by atoms with E-state index in [2.05, 4.69) is 10.6 Å². The molecule has 2 saturated heterocycles. The van der Waals surface area contributed by atoms with E-state index in [1.165, 1.54) is 6.42 Å². The standard InChI is InChI=1S/C11H20N2O2.ClH/c14-11(10-2-1-7-15-10)13-6-4-9-3-5-12-8-9;/h9-10,12H,1-8H2,(H,13,14);1H. The van der Waals surface area contributed by atoms with Crippen molar-refractivity contribution in [2.24, 2.45) is 5.92 Å². The lowest BCUT2D eigenvalue weighted by atomic mass is 10.1. The summed E-state index contributed by atoms with van der Waals surface area (Å²) < 4.78 is 5.31. The summed E-state index contributed by atoms with van der Waals surface area (Å²) in [5.41, 5.74) is 0. The van der Waals surface area contributed by atoms with Gasteiger partial charge in [-0.1, -0.05) is 0 Å². The molecule has 5 heteroatoms. The molecule has 2 N–H and O–H groups in total. The van der Waals surface area contributed by atoms with E-state index in [-0.39, 0.29) is 24.4 Å². The third-order valence-electron chi connectivity index (χ3n) is 3.24. The molecule has 4 nitrogen and oxygen atoms in total. The monoisotopic (exact) mass is 248 g/mol. The highest BCUT2D eigenvalue weighted by molar-refractivity contribution is 5.85. The molecule has 2 heterocycles. The molecule has 0 radical (unpaired) electrons. The number of carbonyl (C=O) groups excluding carboxylic acids is 1. The molecule has 0 aliphatic carbocycles. The van der Waals surface area contributed by atoms with Gasteiger partial charge in [0.05, 0.1) is 0 Å². The zero-order valence-corrected chi connectivity index (χ0v) is 10.4. The summed E-state index contributed by atoms with van der Waals surface area (Å²) in [6, 6.07) is 0. The van der Waals surface area contributed by atoms with E-state index in [1.807, 2.05) is 0 Å². The van der Waals surface area contributed by atoms with Crippen LogP contribution < -0.4 is 10.6 Å². The van der Waals surface area contributed by atoms with Crippen molar-refractivity contribution in [1.82, 2.24) is 10.6 Å². The summed E-state index contributed by atoms with van der Waals surface area (Å²) in [4.78, 5) is 11.6. The minimum absolute atomic E-state index is 0. The number of ether oxygens (including phenoxy) is 1. The fourth-order valence-electron chi connectivity index (χ4n) is 2.26. The van der Waals surface area contributed by atoms with Crippen LogP contribution in [0.1, 0.15) is 25.7 Å². The lowest BCUT2D eigenvalue weighted by molar-refractivity contribution is -0.130. The van der Waals surface area contributed by atoms with Crippen molar-refractivity contribution in [3.63, 3.8) is 0 Å². The van der Waals surface area contributed by atoms with E-state index >= 15 is 0 Å². The van der Waals surface area contributed by atoms with Gasteiger partial charge in [-0.2, -0.15) is 0 Å². The highest BCUT2D eigenvalue weighted by atomic mass is 35.5. The second kappa shape index (κ2) is 7.09. The molecule has 1 amide bonds. The van der Waals surface area contributed by atoms with Gasteiger partial charge < -0.3 is 15.4 Å². The number of hydrogen-bond donors (Lipinski definition) is 2. The van der Waals surface area contributed by atoms with E-state index in [0.717, 1.165) is 51.4 Å². The Kier molecular flexibility index (Phi) is 6.09. The van der Waals surface area contributed by atoms with Crippen LogP contribution in [-0.2, 0) is 9.53 Å². The van der Waals surface area contributed by atoms with Crippen molar-refractivity contribution in [3.8, 4) is 0 Å². The van der Waals surface area contributed by atoms with E-state index in [4.69, 9.17) is 4.74 Å². The van der Waals surface area contributed by atoms with Gasteiger partial charge in [0.25, 0.3) is 0 Å². The van der Waals surface area contributed by atoms with Crippen LogP contribution in [0, 0.1) is 5.92 Å². The summed E-state index contributed by atoms with van der Waals surface area (Å²) >= 11 is 0. The zero-order chi connectivity index (χ0) is 10.5. The molecule has 0 bridgehead atoms. The Morgan fingerprint density at radius 1 is 1.44 bits per heavy atom. The SMILES string of the molecule is Cl.O=C(NCCC1CCNC1)C1CCCO1. The van der Waals surface area contributed by atoms with Crippen LogP contribution in [-0.4, -0.2) is 38.3 Å². The smallest absolute Gasteiger partial charge is 0.249 e. The maximum Gasteiger partial charge on any atom is 0.249 e. The predicted octanol–water partition coefficient (Wildman–Crippen LogP) is 0.703. The molecule has 2 fully saturated rings. The number of rotatable bonds is 4. The van der Waals surface area contributed by atoms with Crippen molar-refractivity contribution < 1.29 is 9.53 Å². The van der Waals surface area contributed by atoms with Crippen LogP contribution in [0.15, 0.2) is 0 Å². The van der Waals surface area contributed by atoms with Crippen molar-refractivity contribution in [2.75, 3.05) is 26.2 Å². The molecule has 0 aromatic carbocycles. The molecule has 2 aliphatic heterocycles. The maximum atomic E-state index is 11.6. The largest absolute Gasteiger partial charge is 0.368 e. The number of hydrogen-bond acceptors (Lipinski definition) is 3. The molecular weight excluding hydrogens is 228 g/mol. The molecule has 2 aliphatic rings. The van der Waals surface area contributed by atoms with Crippen LogP contribution >= 0.6 is 12.4 Å². The van der Waals surface area contributed by atoms with Gasteiger partial charge in [0.2, 0.25) is 5.91 Å². The molecule has 0 spiro atoms. The Labute approximate surface area is 103 Å². The lowest BCUT2D eigenvalue weighted by Gasteiger charge is -2.12. The van der Waals surface area contributed by atoms with Crippen molar-refractivity contribution in [2.45, 2.75) is 31.8 Å². The topological polar surface area (TPSA) is 50.4 Å². The number of amides is 1. The second-order valence-electron chi connectivity index (χ2n) is 4.44. The summed E-state index contributed by atoms with van der Waals surface area (Å²) in [5.74, 6) is 0.827. The van der Waals surface area contributed by atoms with Gasteiger partial charge >= 0.3 is 0 Å². The van der Waals surface area contributed by atoms with Gasteiger partial charge in [0.15, 0.2) is 0 Å². The van der Waals surface area contributed by atoms with Gasteiger partial charge in [0, 0.05) is 13.2 Å². The molecular formula is C11H21ClN2O2. The molecule has 2 unspecified atom stereocenters. The zero-order valence-electron chi connectivity index (χ0n) is 9.54. The maximum absolute atomic E-state index is 11.6. The summed E-state index contributed by atoms with van der Waals surface area (Å²) in [5, 5.41) is 6.29. The van der Waals surface area contributed by atoms with Crippen molar-refractivity contribution in [3.05, 3.63) is 0 Å². The summed E-state index contributed by atoms with van der Waals surface area (Å²) in [6.45, 7) is 3.77. The highest BCUT2D eigenvalue weighted by Crippen LogP contribution is 2.13. The molecule has 2 atom stereocenters. The van der Waals surface area contributed by atoms with E-state index in [9.17, 15) is 4.79 Å². The van der Waals surface area contributed by atoms with Crippen LogP contribution in [0.4, 0.5) is 0 Å². The first-order chi connectivity index (χ1) is 7.36. The Morgan fingerprint density at radius 2 is 2.31 bits per heavy atom. The molecule has 94 valence electrons. The highest BCUT2D eigenvalue weighted by Gasteiger charge is 2.23. The fraction of sp³-hybridized carbons (Fsp3) is 0.909. The summed E-state index contributed by atoms with van der Waals surface area (Å²) in [7, 11) is 0. The first kappa shape index (κ1) is 13.7. The first-order valence-electron chi connectivity index (χ1n) is 5.96. The van der Waals surface area contributed by atoms with Crippen LogP contribution in [0.5, 0.6) is 0 Å². The summed E-state index contributed by atoms with van der Waals surface area (Å²) in [6.07, 6.45) is 4.06. The van der Waals surface area contributed by atoms with Crippen molar-refractivity contribution >= 4 is 18.3 Å². The van der Waals surface area contributed by atoms with Crippen LogP contribution in [0.3, 0.4) is 0 Å². The van der Waals surface area contributed by atoms with Crippen molar-refractivity contribution in [1.29, 1.82) is 0 Å². The van der Waals surface area contributed by atoms with E-state index < -0.39 is 0 Å². The van der Waals surface area contributed by atoms with E-state index in [0.29, 0.717) is 0 Å². The molecule has 0 aromatic heterocycles. The normalized spacial score (nSPS) is 28.8. The van der Waals surface area contributed by atoms with Gasteiger partial charge in [-0.05, 0) is 44.7 Å². The first-order valence-corrected chi connectivity index (χ1v) is 5.96.